The van der Waals surface area contributed by atoms with Crippen LogP contribution in [0.5, 0.6) is 0 Å². The smallest absolute Gasteiger partial charge is 0.238 e. The molecule has 1 heterocycles. The van der Waals surface area contributed by atoms with E-state index in [1.54, 1.807) is 0 Å². The van der Waals surface area contributed by atoms with Crippen molar-refractivity contribution >= 4 is 11.6 Å². The van der Waals surface area contributed by atoms with Crippen molar-refractivity contribution in [3.63, 3.8) is 0 Å². The molecule has 1 amide bonds. The molecule has 20 heavy (non-hydrogen) atoms. The summed E-state index contributed by atoms with van der Waals surface area (Å²) in [5, 5.41) is 6.38. The minimum atomic E-state index is 0.0942. The molecule has 3 rings (SSSR count). The SMILES string of the molecule is CC1CNCCN1CC(=O)Nc1ccc2c(c1)CCC2. The summed E-state index contributed by atoms with van der Waals surface area (Å²) in [7, 11) is 0. The van der Waals surface area contributed by atoms with Crippen molar-refractivity contribution in [2.75, 3.05) is 31.5 Å². The number of anilines is 1. The lowest BCUT2D eigenvalue weighted by atomic mass is 10.1. The van der Waals surface area contributed by atoms with Gasteiger partial charge in [0.1, 0.15) is 0 Å². The number of hydrogen-bond donors (Lipinski definition) is 2. The Labute approximate surface area is 120 Å². The zero-order valence-electron chi connectivity index (χ0n) is 12.1. The first-order valence-corrected chi connectivity index (χ1v) is 7.59. The molecule has 0 saturated carbocycles. The Morgan fingerprint density at radius 1 is 1.40 bits per heavy atom. The van der Waals surface area contributed by atoms with Gasteiger partial charge in [0.2, 0.25) is 5.91 Å². The van der Waals surface area contributed by atoms with Gasteiger partial charge < -0.3 is 10.6 Å². The Hall–Kier alpha value is -1.39. The molecule has 1 aliphatic heterocycles. The molecule has 1 unspecified atom stereocenters. The van der Waals surface area contributed by atoms with Crippen molar-refractivity contribution in [1.29, 1.82) is 0 Å². The topological polar surface area (TPSA) is 44.4 Å². The van der Waals surface area contributed by atoms with Crippen LogP contribution in [0.15, 0.2) is 18.2 Å². The summed E-state index contributed by atoms with van der Waals surface area (Å²) >= 11 is 0. The van der Waals surface area contributed by atoms with E-state index < -0.39 is 0 Å². The molecule has 1 aromatic carbocycles. The molecular weight excluding hydrogens is 250 g/mol. The minimum Gasteiger partial charge on any atom is -0.325 e. The van der Waals surface area contributed by atoms with Crippen LogP contribution in [-0.2, 0) is 17.6 Å². The number of nitrogens with zero attached hydrogens (tertiary/aromatic N) is 1. The predicted octanol–water partition coefficient (Wildman–Crippen LogP) is 1.41. The lowest BCUT2D eigenvalue weighted by Crippen LogP contribution is -2.51. The van der Waals surface area contributed by atoms with Crippen molar-refractivity contribution in [2.24, 2.45) is 0 Å². The zero-order chi connectivity index (χ0) is 13.9. The lowest BCUT2D eigenvalue weighted by Gasteiger charge is -2.33. The first-order valence-electron chi connectivity index (χ1n) is 7.59. The van der Waals surface area contributed by atoms with Gasteiger partial charge >= 0.3 is 0 Å². The van der Waals surface area contributed by atoms with E-state index in [1.807, 2.05) is 6.07 Å². The quantitative estimate of drug-likeness (QED) is 0.875. The number of benzene rings is 1. The highest BCUT2D eigenvalue weighted by molar-refractivity contribution is 5.92. The molecule has 2 aliphatic rings. The van der Waals surface area contributed by atoms with Gasteiger partial charge in [-0.15, -0.1) is 0 Å². The number of fused-ring (bicyclic) bond motifs is 1. The van der Waals surface area contributed by atoms with Crippen LogP contribution in [0.2, 0.25) is 0 Å². The van der Waals surface area contributed by atoms with Crippen molar-refractivity contribution in [3.8, 4) is 0 Å². The number of piperazine rings is 1. The maximum atomic E-state index is 12.2. The van der Waals surface area contributed by atoms with Gasteiger partial charge in [-0.25, -0.2) is 0 Å². The largest absolute Gasteiger partial charge is 0.325 e. The monoisotopic (exact) mass is 273 g/mol. The fourth-order valence-electron chi connectivity index (χ4n) is 3.15. The molecule has 0 aromatic heterocycles. The number of carbonyl (C=O) groups excluding carboxylic acids is 1. The minimum absolute atomic E-state index is 0.0942. The molecule has 0 bridgehead atoms. The number of hydrogen-bond acceptors (Lipinski definition) is 3. The summed E-state index contributed by atoms with van der Waals surface area (Å²) in [6, 6.07) is 6.75. The molecule has 1 aliphatic carbocycles. The van der Waals surface area contributed by atoms with Gasteiger partial charge in [0, 0.05) is 31.4 Å². The van der Waals surface area contributed by atoms with Gasteiger partial charge in [0.25, 0.3) is 0 Å². The van der Waals surface area contributed by atoms with E-state index in [4.69, 9.17) is 0 Å². The van der Waals surface area contributed by atoms with E-state index >= 15 is 0 Å². The number of aryl methyl sites for hydroxylation is 2. The van der Waals surface area contributed by atoms with Crippen molar-refractivity contribution in [1.82, 2.24) is 10.2 Å². The average molecular weight is 273 g/mol. The fourth-order valence-corrected chi connectivity index (χ4v) is 3.15. The van der Waals surface area contributed by atoms with Crippen molar-refractivity contribution in [3.05, 3.63) is 29.3 Å². The third-order valence-corrected chi connectivity index (χ3v) is 4.37. The van der Waals surface area contributed by atoms with Gasteiger partial charge in [0.05, 0.1) is 6.54 Å². The molecule has 108 valence electrons. The first kappa shape index (κ1) is 13.6. The molecule has 1 fully saturated rings. The third-order valence-electron chi connectivity index (χ3n) is 4.37. The van der Waals surface area contributed by atoms with Crippen LogP contribution in [0.25, 0.3) is 0 Å². The molecule has 0 spiro atoms. The molecule has 1 atom stereocenters. The molecular formula is C16H23N3O. The first-order chi connectivity index (χ1) is 9.72. The van der Waals surface area contributed by atoms with E-state index in [9.17, 15) is 4.79 Å². The van der Waals surface area contributed by atoms with Gasteiger partial charge in [-0.1, -0.05) is 6.07 Å². The molecule has 1 aromatic rings. The average Bonchev–Trinajstić information content (AvgIpc) is 2.89. The van der Waals surface area contributed by atoms with E-state index in [0.717, 1.165) is 31.7 Å². The summed E-state index contributed by atoms with van der Waals surface area (Å²) in [4.78, 5) is 14.4. The second-order valence-corrected chi connectivity index (χ2v) is 5.91. The second kappa shape index (κ2) is 5.94. The zero-order valence-corrected chi connectivity index (χ0v) is 12.1. The Bertz CT molecular complexity index is 500. The highest BCUT2D eigenvalue weighted by Gasteiger charge is 2.20. The maximum absolute atomic E-state index is 12.2. The van der Waals surface area contributed by atoms with Crippen LogP contribution >= 0.6 is 0 Å². The standard InChI is InChI=1S/C16H23N3O/c1-12-10-17-7-8-19(12)11-16(20)18-15-6-5-13-3-2-4-14(13)9-15/h5-6,9,12,17H,2-4,7-8,10-11H2,1H3,(H,18,20). The predicted molar refractivity (Wildman–Crippen MR) is 81.0 cm³/mol. The number of rotatable bonds is 3. The molecule has 1 saturated heterocycles. The summed E-state index contributed by atoms with van der Waals surface area (Å²) in [6.45, 7) is 5.52. The third kappa shape index (κ3) is 3.02. The molecule has 4 heteroatoms. The van der Waals surface area contributed by atoms with Crippen LogP contribution in [0.3, 0.4) is 0 Å². The molecule has 0 radical (unpaired) electrons. The number of carbonyl (C=O) groups is 1. The van der Waals surface area contributed by atoms with Gasteiger partial charge in [0.15, 0.2) is 0 Å². The highest BCUT2D eigenvalue weighted by Crippen LogP contribution is 2.24. The van der Waals surface area contributed by atoms with E-state index in [1.165, 1.54) is 24.0 Å². The summed E-state index contributed by atoms with van der Waals surface area (Å²) in [5.41, 5.74) is 3.79. The Balaban J connectivity index is 1.58. The molecule has 4 nitrogen and oxygen atoms in total. The maximum Gasteiger partial charge on any atom is 0.238 e. The van der Waals surface area contributed by atoms with Crippen LogP contribution in [0.1, 0.15) is 24.5 Å². The van der Waals surface area contributed by atoms with Crippen LogP contribution in [0, 0.1) is 0 Å². The van der Waals surface area contributed by atoms with E-state index in [0.29, 0.717) is 12.6 Å². The lowest BCUT2D eigenvalue weighted by molar-refractivity contribution is -0.118. The van der Waals surface area contributed by atoms with Crippen LogP contribution < -0.4 is 10.6 Å². The normalized spacial score (nSPS) is 22.6. The van der Waals surface area contributed by atoms with E-state index in [2.05, 4.69) is 34.6 Å². The van der Waals surface area contributed by atoms with Gasteiger partial charge in [-0.05, 0) is 49.4 Å². The summed E-state index contributed by atoms with van der Waals surface area (Å²) < 4.78 is 0. The van der Waals surface area contributed by atoms with Crippen LogP contribution in [0.4, 0.5) is 5.69 Å². The van der Waals surface area contributed by atoms with Crippen molar-refractivity contribution < 1.29 is 4.79 Å². The second-order valence-electron chi connectivity index (χ2n) is 5.91. The van der Waals surface area contributed by atoms with Crippen LogP contribution in [-0.4, -0.2) is 43.0 Å². The van der Waals surface area contributed by atoms with E-state index in [-0.39, 0.29) is 5.91 Å². The fraction of sp³-hybridized carbons (Fsp3) is 0.562. The Kier molecular flexibility index (Phi) is 4.03. The van der Waals surface area contributed by atoms with Gasteiger partial charge in [-0.3, -0.25) is 9.69 Å². The molecule has 2 N–H and O–H groups in total. The highest BCUT2D eigenvalue weighted by atomic mass is 16.2. The van der Waals surface area contributed by atoms with Crippen molar-refractivity contribution in [2.45, 2.75) is 32.2 Å². The van der Waals surface area contributed by atoms with Gasteiger partial charge in [-0.2, -0.15) is 0 Å². The summed E-state index contributed by atoms with van der Waals surface area (Å²) in [6.07, 6.45) is 3.57. The Morgan fingerprint density at radius 2 is 2.25 bits per heavy atom. The Morgan fingerprint density at radius 3 is 3.10 bits per heavy atom. The number of amides is 1. The summed E-state index contributed by atoms with van der Waals surface area (Å²) in [5.74, 6) is 0.0942. The number of nitrogens with one attached hydrogen (secondary N) is 2.